The number of ether oxygens (including phenoxy) is 2. The lowest BCUT2D eigenvalue weighted by atomic mass is 9.97. The van der Waals surface area contributed by atoms with Gasteiger partial charge in [-0.25, -0.2) is 0 Å². The van der Waals surface area contributed by atoms with E-state index >= 15 is 0 Å². The number of aromatic hydroxyl groups is 1. The van der Waals surface area contributed by atoms with E-state index in [1.165, 1.54) is 12.8 Å². The Morgan fingerprint density at radius 3 is 2.63 bits per heavy atom. The van der Waals surface area contributed by atoms with Crippen LogP contribution in [0.5, 0.6) is 11.5 Å². The third kappa shape index (κ3) is 3.61. The fraction of sp³-hybridized carbons (Fsp3) is 0.600. The molecule has 1 aromatic carbocycles. The Bertz CT molecular complexity index is 400. The topological polar surface area (TPSA) is 41.9 Å². The van der Waals surface area contributed by atoms with Gasteiger partial charge < -0.3 is 14.6 Å². The number of hydrogen-bond donors (Lipinski definition) is 1. The number of phenols is 1. The van der Waals surface area contributed by atoms with E-state index in [1.54, 1.807) is 20.3 Å². The quantitative estimate of drug-likeness (QED) is 0.886. The Morgan fingerprint density at radius 2 is 2.00 bits per heavy atom. The van der Waals surface area contributed by atoms with Gasteiger partial charge >= 0.3 is 0 Å². The van der Waals surface area contributed by atoms with E-state index < -0.39 is 0 Å². The Labute approximate surface area is 114 Å². The van der Waals surface area contributed by atoms with Gasteiger partial charge in [0.25, 0.3) is 0 Å². The summed E-state index contributed by atoms with van der Waals surface area (Å²) in [5.74, 6) is 1.50. The van der Waals surface area contributed by atoms with E-state index in [-0.39, 0.29) is 5.75 Å². The predicted molar refractivity (Wildman–Crippen MR) is 74.5 cm³/mol. The van der Waals surface area contributed by atoms with Crippen LogP contribution in [0, 0.1) is 5.92 Å². The maximum atomic E-state index is 10.1. The summed E-state index contributed by atoms with van der Waals surface area (Å²) in [5, 5.41) is 10.1. The second-order valence-electron chi connectivity index (χ2n) is 5.14. The normalized spacial score (nSPS) is 17.6. The predicted octanol–water partition coefficient (Wildman–Crippen LogP) is 2.26. The molecular formula is C15H23NO3. The lowest BCUT2D eigenvalue weighted by Crippen LogP contribution is -2.34. The van der Waals surface area contributed by atoms with E-state index in [0.717, 1.165) is 31.8 Å². The molecule has 106 valence electrons. The Balaban J connectivity index is 1.92. The first-order valence-electron chi connectivity index (χ1n) is 6.80. The van der Waals surface area contributed by atoms with Gasteiger partial charge in [-0.15, -0.1) is 0 Å². The van der Waals surface area contributed by atoms with Gasteiger partial charge in [-0.1, -0.05) is 12.1 Å². The minimum absolute atomic E-state index is 0.268. The minimum atomic E-state index is 0.268. The van der Waals surface area contributed by atoms with Crippen LogP contribution in [0.15, 0.2) is 18.2 Å². The first kappa shape index (κ1) is 14.2. The molecule has 0 atom stereocenters. The molecule has 0 radical (unpaired) electrons. The molecular weight excluding hydrogens is 242 g/mol. The molecule has 0 aromatic heterocycles. The zero-order chi connectivity index (χ0) is 13.7. The second-order valence-corrected chi connectivity index (χ2v) is 5.14. The van der Waals surface area contributed by atoms with Gasteiger partial charge in [0.05, 0.1) is 7.11 Å². The van der Waals surface area contributed by atoms with Crippen molar-refractivity contribution in [3.05, 3.63) is 23.8 Å². The fourth-order valence-electron chi connectivity index (χ4n) is 2.65. The summed E-state index contributed by atoms with van der Waals surface area (Å²) in [6.07, 6.45) is 2.33. The van der Waals surface area contributed by atoms with Crippen LogP contribution in [0.3, 0.4) is 0 Å². The summed E-state index contributed by atoms with van der Waals surface area (Å²) < 4.78 is 10.3. The van der Waals surface area contributed by atoms with Gasteiger partial charge in [0.1, 0.15) is 0 Å². The minimum Gasteiger partial charge on any atom is -0.504 e. The zero-order valence-electron chi connectivity index (χ0n) is 11.8. The molecule has 1 aliphatic rings. The number of hydrogen-bond acceptors (Lipinski definition) is 4. The maximum absolute atomic E-state index is 10.1. The number of benzene rings is 1. The molecule has 1 heterocycles. The highest BCUT2D eigenvalue weighted by Gasteiger charge is 2.20. The summed E-state index contributed by atoms with van der Waals surface area (Å²) in [6, 6.07) is 5.66. The molecule has 1 fully saturated rings. The van der Waals surface area contributed by atoms with Crippen LogP contribution in [0.2, 0.25) is 0 Å². The van der Waals surface area contributed by atoms with Gasteiger partial charge in [-0.2, -0.15) is 0 Å². The molecule has 0 amide bonds. The largest absolute Gasteiger partial charge is 0.504 e. The number of piperidine rings is 1. The number of phenolic OH excluding ortho intramolecular Hbond substituents is 1. The van der Waals surface area contributed by atoms with Crippen LogP contribution < -0.4 is 4.74 Å². The van der Waals surface area contributed by atoms with Crippen LogP contribution in [-0.2, 0) is 11.3 Å². The Morgan fingerprint density at radius 1 is 1.26 bits per heavy atom. The molecule has 0 saturated carbocycles. The summed E-state index contributed by atoms with van der Waals surface area (Å²) >= 11 is 0. The van der Waals surface area contributed by atoms with Crippen molar-refractivity contribution in [2.75, 3.05) is 33.9 Å². The summed E-state index contributed by atoms with van der Waals surface area (Å²) in [7, 11) is 3.34. The van der Waals surface area contributed by atoms with Crippen molar-refractivity contribution in [3.63, 3.8) is 0 Å². The number of methoxy groups -OCH3 is 2. The fourth-order valence-corrected chi connectivity index (χ4v) is 2.65. The highest BCUT2D eigenvalue weighted by molar-refractivity contribution is 5.45. The van der Waals surface area contributed by atoms with Crippen molar-refractivity contribution in [1.29, 1.82) is 0 Å². The molecule has 0 spiro atoms. The molecule has 4 nitrogen and oxygen atoms in total. The van der Waals surface area contributed by atoms with Crippen LogP contribution in [0.1, 0.15) is 18.4 Å². The SMILES string of the molecule is COCC1CCN(Cc2cccc(OC)c2O)CC1. The monoisotopic (exact) mass is 265 g/mol. The van der Waals surface area contributed by atoms with Gasteiger partial charge in [0.2, 0.25) is 0 Å². The van der Waals surface area contributed by atoms with Crippen LogP contribution in [-0.4, -0.2) is 43.9 Å². The molecule has 2 rings (SSSR count). The average molecular weight is 265 g/mol. The number of nitrogens with zero attached hydrogens (tertiary/aromatic N) is 1. The summed E-state index contributed by atoms with van der Waals surface area (Å²) in [4.78, 5) is 2.38. The molecule has 1 aliphatic heterocycles. The Kier molecular flexibility index (Phi) is 5.05. The lowest BCUT2D eigenvalue weighted by molar-refractivity contribution is 0.0964. The van der Waals surface area contributed by atoms with Gasteiger partial charge in [0.15, 0.2) is 11.5 Å². The third-order valence-corrected chi connectivity index (χ3v) is 3.81. The zero-order valence-corrected chi connectivity index (χ0v) is 11.8. The number of rotatable bonds is 5. The molecule has 1 N–H and O–H groups in total. The Hall–Kier alpha value is -1.26. The van der Waals surface area contributed by atoms with Crippen molar-refractivity contribution in [3.8, 4) is 11.5 Å². The first-order chi connectivity index (χ1) is 9.24. The third-order valence-electron chi connectivity index (χ3n) is 3.81. The van der Waals surface area contributed by atoms with Crippen LogP contribution in [0.4, 0.5) is 0 Å². The van der Waals surface area contributed by atoms with E-state index in [4.69, 9.17) is 9.47 Å². The number of para-hydroxylation sites is 1. The smallest absolute Gasteiger partial charge is 0.162 e. The van der Waals surface area contributed by atoms with Gasteiger partial charge in [-0.3, -0.25) is 4.90 Å². The molecule has 4 heteroatoms. The lowest BCUT2D eigenvalue weighted by Gasteiger charge is -2.31. The van der Waals surface area contributed by atoms with Crippen molar-refractivity contribution in [1.82, 2.24) is 4.90 Å². The molecule has 0 unspecified atom stereocenters. The van der Waals surface area contributed by atoms with Crippen LogP contribution in [0.25, 0.3) is 0 Å². The van der Waals surface area contributed by atoms with Crippen molar-refractivity contribution < 1.29 is 14.6 Å². The first-order valence-corrected chi connectivity index (χ1v) is 6.80. The highest BCUT2D eigenvalue weighted by Crippen LogP contribution is 2.31. The van der Waals surface area contributed by atoms with Crippen molar-refractivity contribution >= 4 is 0 Å². The summed E-state index contributed by atoms with van der Waals surface area (Å²) in [5.41, 5.74) is 0.935. The second kappa shape index (κ2) is 6.78. The van der Waals surface area contributed by atoms with Gasteiger partial charge in [-0.05, 0) is 37.9 Å². The molecule has 1 aromatic rings. The standard InChI is InChI=1S/C15H23NO3/c1-18-11-12-6-8-16(9-7-12)10-13-4-3-5-14(19-2)15(13)17/h3-5,12,17H,6-11H2,1-2H3. The van der Waals surface area contributed by atoms with E-state index in [2.05, 4.69) is 4.90 Å². The maximum Gasteiger partial charge on any atom is 0.162 e. The van der Waals surface area contributed by atoms with Crippen molar-refractivity contribution in [2.45, 2.75) is 19.4 Å². The molecule has 1 saturated heterocycles. The highest BCUT2D eigenvalue weighted by atomic mass is 16.5. The number of likely N-dealkylation sites (tertiary alicyclic amines) is 1. The molecule has 0 aliphatic carbocycles. The molecule has 0 bridgehead atoms. The summed E-state index contributed by atoms with van der Waals surface area (Å²) in [6.45, 7) is 3.76. The van der Waals surface area contributed by atoms with Crippen molar-refractivity contribution in [2.24, 2.45) is 5.92 Å². The molecule has 19 heavy (non-hydrogen) atoms. The van der Waals surface area contributed by atoms with E-state index in [1.807, 2.05) is 12.1 Å². The van der Waals surface area contributed by atoms with E-state index in [9.17, 15) is 5.11 Å². The average Bonchev–Trinajstić information content (AvgIpc) is 2.43. The van der Waals surface area contributed by atoms with Gasteiger partial charge in [0, 0.05) is 25.8 Å². The van der Waals surface area contributed by atoms with E-state index in [0.29, 0.717) is 11.7 Å². The van der Waals surface area contributed by atoms with Crippen LogP contribution >= 0.6 is 0 Å².